The Morgan fingerprint density at radius 1 is 1.08 bits per heavy atom. The Labute approximate surface area is 86.0 Å². The Bertz CT molecular complexity index is 139. The summed E-state index contributed by atoms with van der Waals surface area (Å²) in [6.45, 7) is 1.24. The van der Waals surface area contributed by atoms with Gasteiger partial charge in [0.1, 0.15) is 0 Å². The van der Waals surface area contributed by atoms with Crippen molar-refractivity contribution in [2.45, 2.75) is 44.6 Å². The summed E-state index contributed by atoms with van der Waals surface area (Å²) >= 11 is 2.16. The van der Waals surface area contributed by atoms with E-state index in [1.807, 2.05) is 0 Å². The van der Waals surface area contributed by atoms with Crippen molar-refractivity contribution in [3.8, 4) is 0 Å². The standard InChI is InChI=1S/C11H21NS/c1-2-4-10(3-1)9-13-8-7-12-11-5-6-11/h10-12H,1-9H2. The molecule has 0 unspecified atom stereocenters. The lowest BCUT2D eigenvalue weighted by atomic mass is 10.1. The van der Waals surface area contributed by atoms with Crippen LogP contribution in [0.3, 0.4) is 0 Å². The first-order valence-electron chi connectivity index (χ1n) is 5.76. The highest BCUT2D eigenvalue weighted by Gasteiger charge is 2.19. The largest absolute Gasteiger partial charge is 0.313 e. The minimum atomic E-state index is 0.895. The zero-order valence-corrected chi connectivity index (χ0v) is 9.24. The lowest BCUT2D eigenvalue weighted by Crippen LogP contribution is -2.19. The summed E-state index contributed by atoms with van der Waals surface area (Å²) in [6, 6.07) is 0.895. The van der Waals surface area contributed by atoms with E-state index < -0.39 is 0 Å². The summed E-state index contributed by atoms with van der Waals surface area (Å²) in [5.74, 6) is 3.81. The van der Waals surface area contributed by atoms with Gasteiger partial charge in [0.2, 0.25) is 0 Å². The van der Waals surface area contributed by atoms with Crippen molar-refractivity contribution in [1.82, 2.24) is 5.32 Å². The average molecular weight is 199 g/mol. The molecule has 0 aromatic heterocycles. The van der Waals surface area contributed by atoms with Gasteiger partial charge in [-0.2, -0.15) is 11.8 Å². The zero-order chi connectivity index (χ0) is 8.93. The van der Waals surface area contributed by atoms with Crippen molar-refractivity contribution in [2.24, 2.45) is 5.92 Å². The van der Waals surface area contributed by atoms with Crippen LogP contribution in [-0.2, 0) is 0 Å². The molecule has 0 spiro atoms. The second kappa shape index (κ2) is 5.26. The number of thioether (sulfide) groups is 1. The Balaban J connectivity index is 1.39. The maximum absolute atomic E-state index is 3.56. The SMILES string of the molecule is C1CCC(CSCCNC2CC2)C1. The second-order valence-corrected chi connectivity index (χ2v) is 5.60. The van der Waals surface area contributed by atoms with E-state index in [0.29, 0.717) is 0 Å². The van der Waals surface area contributed by atoms with Gasteiger partial charge in [0.25, 0.3) is 0 Å². The normalized spacial score (nSPS) is 24.0. The van der Waals surface area contributed by atoms with Crippen LogP contribution in [0.5, 0.6) is 0 Å². The number of hydrogen-bond acceptors (Lipinski definition) is 2. The van der Waals surface area contributed by atoms with Crippen molar-refractivity contribution in [1.29, 1.82) is 0 Å². The number of nitrogens with one attached hydrogen (secondary N) is 1. The molecular weight excluding hydrogens is 178 g/mol. The molecule has 2 aliphatic rings. The van der Waals surface area contributed by atoms with Crippen LogP contribution in [-0.4, -0.2) is 24.1 Å². The van der Waals surface area contributed by atoms with Crippen LogP contribution >= 0.6 is 11.8 Å². The van der Waals surface area contributed by atoms with Crippen LogP contribution in [0, 0.1) is 5.92 Å². The van der Waals surface area contributed by atoms with Crippen LogP contribution < -0.4 is 5.32 Å². The molecule has 0 aromatic rings. The van der Waals surface area contributed by atoms with E-state index in [-0.39, 0.29) is 0 Å². The quantitative estimate of drug-likeness (QED) is 0.660. The van der Waals surface area contributed by atoms with Gasteiger partial charge in [0, 0.05) is 18.3 Å². The van der Waals surface area contributed by atoms with Crippen LogP contribution in [0.25, 0.3) is 0 Å². The monoisotopic (exact) mass is 199 g/mol. The van der Waals surface area contributed by atoms with Gasteiger partial charge in [-0.05, 0) is 37.4 Å². The molecule has 0 amide bonds. The number of hydrogen-bond donors (Lipinski definition) is 1. The van der Waals surface area contributed by atoms with Gasteiger partial charge >= 0.3 is 0 Å². The van der Waals surface area contributed by atoms with E-state index >= 15 is 0 Å². The highest BCUT2D eigenvalue weighted by molar-refractivity contribution is 7.99. The molecule has 2 fully saturated rings. The molecule has 2 aliphatic carbocycles. The van der Waals surface area contributed by atoms with E-state index in [1.165, 1.54) is 56.6 Å². The lowest BCUT2D eigenvalue weighted by molar-refractivity contribution is 0.622. The van der Waals surface area contributed by atoms with Crippen molar-refractivity contribution in [3.05, 3.63) is 0 Å². The summed E-state index contributed by atoms with van der Waals surface area (Å²) in [7, 11) is 0. The second-order valence-electron chi connectivity index (χ2n) is 4.45. The molecule has 0 aromatic carbocycles. The molecule has 0 aliphatic heterocycles. The molecule has 0 bridgehead atoms. The van der Waals surface area contributed by atoms with Gasteiger partial charge in [-0.3, -0.25) is 0 Å². The van der Waals surface area contributed by atoms with E-state index in [4.69, 9.17) is 0 Å². The van der Waals surface area contributed by atoms with Crippen molar-refractivity contribution in [2.75, 3.05) is 18.1 Å². The summed E-state index contributed by atoms with van der Waals surface area (Å²) in [5, 5.41) is 3.56. The Morgan fingerprint density at radius 2 is 1.85 bits per heavy atom. The smallest absolute Gasteiger partial charge is 0.00685 e. The van der Waals surface area contributed by atoms with E-state index in [9.17, 15) is 0 Å². The maximum atomic E-state index is 3.56. The maximum Gasteiger partial charge on any atom is 0.00685 e. The van der Waals surface area contributed by atoms with Gasteiger partial charge in [-0.15, -0.1) is 0 Å². The molecule has 0 heterocycles. The molecule has 2 saturated carbocycles. The highest BCUT2D eigenvalue weighted by Crippen LogP contribution is 2.27. The van der Waals surface area contributed by atoms with E-state index in [2.05, 4.69) is 17.1 Å². The Morgan fingerprint density at radius 3 is 2.54 bits per heavy atom. The van der Waals surface area contributed by atoms with Crippen molar-refractivity contribution < 1.29 is 0 Å². The fourth-order valence-corrected chi connectivity index (χ4v) is 3.15. The van der Waals surface area contributed by atoms with Gasteiger partial charge in [-0.25, -0.2) is 0 Å². The summed E-state index contributed by atoms with van der Waals surface area (Å²) < 4.78 is 0. The zero-order valence-electron chi connectivity index (χ0n) is 8.43. The van der Waals surface area contributed by atoms with Crippen molar-refractivity contribution >= 4 is 11.8 Å². The van der Waals surface area contributed by atoms with E-state index in [1.54, 1.807) is 0 Å². The third-order valence-electron chi connectivity index (χ3n) is 3.09. The molecule has 2 rings (SSSR count). The summed E-state index contributed by atoms with van der Waals surface area (Å²) in [6.07, 6.45) is 8.84. The van der Waals surface area contributed by atoms with Crippen LogP contribution in [0.15, 0.2) is 0 Å². The first-order chi connectivity index (χ1) is 6.45. The minimum absolute atomic E-state index is 0.895. The third-order valence-corrected chi connectivity index (χ3v) is 4.28. The van der Waals surface area contributed by atoms with Gasteiger partial charge < -0.3 is 5.32 Å². The Hall–Kier alpha value is 0.310. The molecule has 1 nitrogen and oxygen atoms in total. The van der Waals surface area contributed by atoms with Gasteiger partial charge in [-0.1, -0.05) is 12.8 Å². The van der Waals surface area contributed by atoms with Crippen molar-refractivity contribution in [3.63, 3.8) is 0 Å². The average Bonchev–Trinajstić information content (AvgIpc) is 2.81. The fourth-order valence-electron chi connectivity index (χ4n) is 2.05. The molecule has 76 valence electrons. The highest BCUT2D eigenvalue weighted by atomic mass is 32.2. The Kier molecular flexibility index (Phi) is 3.98. The summed E-state index contributed by atoms with van der Waals surface area (Å²) in [4.78, 5) is 0. The van der Waals surface area contributed by atoms with Crippen LogP contribution in [0.4, 0.5) is 0 Å². The molecule has 2 heteroatoms. The molecule has 1 N–H and O–H groups in total. The third kappa shape index (κ3) is 3.90. The molecule has 13 heavy (non-hydrogen) atoms. The number of rotatable bonds is 6. The van der Waals surface area contributed by atoms with Crippen LogP contribution in [0.1, 0.15) is 38.5 Å². The lowest BCUT2D eigenvalue weighted by Gasteiger charge is -2.08. The summed E-state index contributed by atoms with van der Waals surface area (Å²) in [5.41, 5.74) is 0. The topological polar surface area (TPSA) is 12.0 Å². The van der Waals surface area contributed by atoms with Gasteiger partial charge in [0.05, 0.1) is 0 Å². The fraction of sp³-hybridized carbons (Fsp3) is 1.00. The molecule has 0 radical (unpaired) electrons. The predicted molar refractivity (Wildman–Crippen MR) is 60.3 cm³/mol. The predicted octanol–water partition coefficient (Wildman–Crippen LogP) is 2.66. The first kappa shape index (κ1) is 9.85. The molecule has 0 saturated heterocycles. The first-order valence-corrected chi connectivity index (χ1v) is 6.92. The minimum Gasteiger partial charge on any atom is -0.313 e. The molecular formula is C11H21NS. The molecule has 0 atom stereocenters. The van der Waals surface area contributed by atoms with E-state index in [0.717, 1.165) is 12.0 Å². The van der Waals surface area contributed by atoms with Crippen LogP contribution in [0.2, 0.25) is 0 Å². The van der Waals surface area contributed by atoms with Gasteiger partial charge in [0.15, 0.2) is 0 Å².